The van der Waals surface area contributed by atoms with Crippen LogP contribution in [-0.4, -0.2) is 20.3 Å². The van der Waals surface area contributed by atoms with Crippen LogP contribution in [0.5, 0.6) is 5.75 Å². The SMILES string of the molecule is Cc1ccc(S(=O)(=O)Oc2ccccc2/C=C2\N=C(c3ccc(C(C)(C)C)cc3)OC2=O)cc1. The Morgan fingerprint density at radius 3 is 2.21 bits per heavy atom. The third kappa shape index (κ3) is 5.10. The molecule has 1 aliphatic heterocycles. The van der Waals surface area contributed by atoms with E-state index in [0.29, 0.717) is 11.1 Å². The first-order valence-corrected chi connectivity index (χ1v) is 12.2. The molecule has 0 radical (unpaired) electrons. The second kappa shape index (κ2) is 8.91. The van der Waals surface area contributed by atoms with Crippen molar-refractivity contribution in [2.24, 2.45) is 4.99 Å². The van der Waals surface area contributed by atoms with Gasteiger partial charge in [-0.05, 0) is 54.3 Å². The van der Waals surface area contributed by atoms with E-state index in [0.717, 1.165) is 11.1 Å². The molecule has 174 valence electrons. The average Bonchev–Trinajstić information content (AvgIpc) is 3.15. The summed E-state index contributed by atoms with van der Waals surface area (Å²) < 4.78 is 36.2. The Labute approximate surface area is 199 Å². The number of carbonyl (C=O) groups excluding carboxylic acids is 1. The average molecular weight is 476 g/mol. The molecule has 3 aromatic carbocycles. The summed E-state index contributed by atoms with van der Waals surface area (Å²) in [6.45, 7) is 8.23. The van der Waals surface area contributed by atoms with Gasteiger partial charge in [-0.2, -0.15) is 8.42 Å². The van der Waals surface area contributed by atoms with Crippen molar-refractivity contribution in [3.8, 4) is 5.75 Å². The fourth-order valence-corrected chi connectivity index (χ4v) is 4.29. The number of nitrogens with zero attached hydrogens (tertiary/aromatic N) is 1. The van der Waals surface area contributed by atoms with Gasteiger partial charge in [-0.15, -0.1) is 0 Å². The molecule has 4 rings (SSSR count). The van der Waals surface area contributed by atoms with Gasteiger partial charge in [-0.25, -0.2) is 9.79 Å². The summed E-state index contributed by atoms with van der Waals surface area (Å²) in [5, 5.41) is 0. The molecule has 0 aromatic heterocycles. The number of rotatable bonds is 5. The zero-order valence-corrected chi connectivity index (χ0v) is 20.2. The monoisotopic (exact) mass is 475 g/mol. The molecule has 0 saturated heterocycles. The molecule has 1 heterocycles. The maximum atomic E-state index is 12.7. The molecule has 3 aromatic rings. The van der Waals surface area contributed by atoms with Crippen LogP contribution in [0.3, 0.4) is 0 Å². The molecular weight excluding hydrogens is 450 g/mol. The quantitative estimate of drug-likeness (QED) is 0.280. The van der Waals surface area contributed by atoms with Crippen LogP contribution in [0.1, 0.15) is 43.0 Å². The number of carbonyl (C=O) groups is 1. The zero-order valence-electron chi connectivity index (χ0n) is 19.4. The van der Waals surface area contributed by atoms with Crippen molar-refractivity contribution < 1.29 is 22.1 Å². The molecule has 0 fully saturated rings. The lowest BCUT2D eigenvalue weighted by atomic mass is 9.87. The Hall–Kier alpha value is -3.71. The van der Waals surface area contributed by atoms with Crippen molar-refractivity contribution in [1.29, 1.82) is 0 Å². The predicted octanol–water partition coefficient (Wildman–Crippen LogP) is 5.40. The molecule has 0 spiro atoms. The van der Waals surface area contributed by atoms with Crippen LogP contribution in [0, 0.1) is 6.92 Å². The van der Waals surface area contributed by atoms with Crippen molar-refractivity contribution in [2.75, 3.05) is 0 Å². The number of hydrogen-bond donors (Lipinski definition) is 0. The molecule has 7 heteroatoms. The summed E-state index contributed by atoms with van der Waals surface area (Å²) in [7, 11) is -4.05. The number of benzene rings is 3. The first-order chi connectivity index (χ1) is 16.0. The van der Waals surface area contributed by atoms with Crippen LogP contribution in [0.4, 0.5) is 0 Å². The molecule has 34 heavy (non-hydrogen) atoms. The lowest BCUT2D eigenvalue weighted by Gasteiger charge is -2.18. The molecule has 0 aliphatic carbocycles. The molecule has 1 aliphatic rings. The van der Waals surface area contributed by atoms with E-state index in [1.165, 1.54) is 24.3 Å². The third-order valence-corrected chi connectivity index (χ3v) is 6.59. The third-order valence-electron chi connectivity index (χ3n) is 5.34. The van der Waals surface area contributed by atoms with Gasteiger partial charge in [-0.1, -0.05) is 68.8 Å². The maximum Gasteiger partial charge on any atom is 0.363 e. The van der Waals surface area contributed by atoms with Gasteiger partial charge >= 0.3 is 16.1 Å². The van der Waals surface area contributed by atoms with E-state index in [-0.39, 0.29) is 27.7 Å². The number of hydrogen-bond acceptors (Lipinski definition) is 6. The highest BCUT2D eigenvalue weighted by Gasteiger charge is 2.26. The van der Waals surface area contributed by atoms with Crippen LogP contribution in [0.25, 0.3) is 6.08 Å². The predicted molar refractivity (Wildman–Crippen MR) is 131 cm³/mol. The van der Waals surface area contributed by atoms with Crippen molar-refractivity contribution in [3.05, 3.63) is 101 Å². The topological polar surface area (TPSA) is 82.0 Å². The highest BCUT2D eigenvalue weighted by atomic mass is 32.2. The number of para-hydroxylation sites is 1. The molecule has 0 saturated carbocycles. The Kier molecular flexibility index (Phi) is 6.15. The van der Waals surface area contributed by atoms with Gasteiger partial charge in [0.05, 0.1) is 0 Å². The fourth-order valence-electron chi connectivity index (χ4n) is 3.34. The number of cyclic esters (lactones) is 1. The minimum absolute atomic E-state index is 0.000378. The van der Waals surface area contributed by atoms with Gasteiger partial charge in [-0.3, -0.25) is 0 Å². The molecular formula is C27H25NO5S. The molecule has 0 unspecified atom stereocenters. The Morgan fingerprint density at radius 1 is 0.912 bits per heavy atom. The maximum absolute atomic E-state index is 12.7. The van der Waals surface area contributed by atoms with Gasteiger partial charge in [0, 0.05) is 11.1 Å². The number of aryl methyl sites for hydroxylation is 1. The normalized spacial score (nSPS) is 15.2. The first-order valence-electron chi connectivity index (χ1n) is 10.8. The van der Waals surface area contributed by atoms with Crippen LogP contribution in [0.15, 0.2) is 88.4 Å². The zero-order chi connectivity index (χ0) is 24.5. The molecule has 6 nitrogen and oxygen atoms in total. The highest BCUT2D eigenvalue weighted by molar-refractivity contribution is 7.87. The van der Waals surface area contributed by atoms with E-state index in [1.807, 2.05) is 31.2 Å². The van der Waals surface area contributed by atoms with E-state index in [4.69, 9.17) is 8.92 Å². The van der Waals surface area contributed by atoms with E-state index in [1.54, 1.807) is 30.3 Å². The fraction of sp³-hybridized carbons (Fsp3) is 0.185. The Morgan fingerprint density at radius 2 is 1.56 bits per heavy atom. The number of esters is 1. The van der Waals surface area contributed by atoms with E-state index in [9.17, 15) is 13.2 Å². The van der Waals surface area contributed by atoms with Crippen LogP contribution in [0.2, 0.25) is 0 Å². The second-order valence-electron chi connectivity index (χ2n) is 9.05. The Bertz CT molecular complexity index is 1390. The Balaban J connectivity index is 1.63. The summed E-state index contributed by atoms with van der Waals surface area (Å²) in [6.07, 6.45) is 1.46. The standard InChI is InChI=1S/C27H25NO5S/c1-18-9-15-22(16-10-18)34(30,31)33-24-8-6-5-7-20(24)17-23-26(29)32-25(28-23)19-11-13-21(14-12-19)27(2,3)4/h5-17H,1-4H3/b23-17-. The lowest BCUT2D eigenvalue weighted by Crippen LogP contribution is -2.11. The highest BCUT2D eigenvalue weighted by Crippen LogP contribution is 2.28. The second-order valence-corrected chi connectivity index (χ2v) is 10.6. The summed E-state index contributed by atoms with van der Waals surface area (Å²) in [5.74, 6) is -0.338. The van der Waals surface area contributed by atoms with Crippen LogP contribution in [-0.2, 0) is 25.1 Å². The van der Waals surface area contributed by atoms with Gasteiger partial charge in [0.25, 0.3) is 0 Å². The largest absolute Gasteiger partial charge is 0.402 e. The lowest BCUT2D eigenvalue weighted by molar-refractivity contribution is -0.129. The summed E-state index contributed by atoms with van der Waals surface area (Å²) >= 11 is 0. The minimum atomic E-state index is -4.05. The van der Waals surface area contributed by atoms with Gasteiger partial charge in [0.2, 0.25) is 5.90 Å². The molecule has 0 N–H and O–H groups in total. The van der Waals surface area contributed by atoms with E-state index < -0.39 is 16.1 Å². The van der Waals surface area contributed by atoms with Gasteiger partial charge < -0.3 is 8.92 Å². The number of ether oxygens (including phenoxy) is 1. The summed E-state index contributed by atoms with van der Waals surface area (Å²) in [6, 6.07) is 20.6. The smallest absolute Gasteiger partial charge is 0.363 e. The first kappa shape index (κ1) is 23.4. The minimum Gasteiger partial charge on any atom is -0.402 e. The van der Waals surface area contributed by atoms with E-state index >= 15 is 0 Å². The van der Waals surface area contributed by atoms with Crippen molar-refractivity contribution in [1.82, 2.24) is 0 Å². The van der Waals surface area contributed by atoms with Crippen molar-refractivity contribution >= 4 is 28.1 Å². The summed E-state index contributed by atoms with van der Waals surface area (Å²) in [4.78, 5) is 16.8. The molecule has 0 bridgehead atoms. The van der Waals surface area contributed by atoms with Crippen molar-refractivity contribution in [2.45, 2.75) is 38.0 Å². The van der Waals surface area contributed by atoms with Crippen LogP contribution < -0.4 is 4.18 Å². The van der Waals surface area contributed by atoms with Gasteiger partial charge in [0.1, 0.15) is 10.6 Å². The van der Waals surface area contributed by atoms with E-state index in [2.05, 4.69) is 25.8 Å². The molecule has 0 atom stereocenters. The van der Waals surface area contributed by atoms with Crippen LogP contribution >= 0.6 is 0 Å². The van der Waals surface area contributed by atoms with Crippen molar-refractivity contribution in [3.63, 3.8) is 0 Å². The number of aliphatic imine (C=N–C) groups is 1. The van der Waals surface area contributed by atoms with Gasteiger partial charge in [0.15, 0.2) is 5.70 Å². The summed E-state index contributed by atoms with van der Waals surface area (Å²) in [5.41, 5.74) is 3.21. The molecule has 0 amide bonds.